The Labute approximate surface area is 160 Å². The molecule has 1 unspecified atom stereocenters. The maximum absolute atomic E-state index is 13.4. The highest BCUT2D eigenvalue weighted by Crippen LogP contribution is 2.41. The van der Waals surface area contributed by atoms with E-state index in [1.165, 1.54) is 7.11 Å². The van der Waals surface area contributed by atoms with Gasteiger partial charge < -0.3 is 4.74 Å². The zero-order valence-electron chi connectivity index (χ0n) is 14.3. The van der Waals surface area contributed by atoms with E-state index in [4.69, 9.17) is 16.3 Å². The van der Waals surface area contributed by atoms with Gasteiger partial charge in [-0.25, -0.2) is 8.42 Å². The number of ether oxygens (including phenoxy) is 1. The third kappa shape index (κ3) is 3.93. The summed E-state index contributed by atoms with van der Waals surface area (Å²) in [6.07, 6.45) is -3.77. The van der Waals surface area contributed by atoms with Gasteiger partial charge in [0.1, 0.15) is 5.75 Å². The number of methoxy groups -OCH3 is 1. The summed E-state index contributed by atoms with van der Waals surface area (Å²) in [5, 5.41) is -0.174. The van der Waals surface area contributed by atoms with Crippen molar-refractivity contribution in [2.75, 3.05) is 13.7 Å². The Morgan fingerprint density at radius 3 is 2.59 bits per heavy atom. The zero-order valence-corrected chi connectivity index (χ0v) is 15.9. The fourth-order valence-corrected chi connectivity index (χ4v) is 5.33. The summed E-state index contributed by atoms with van der Waals surface area (Å²) in [7, 11) is -2.88. The van der Waals surface area contributed by atoms with Crippen molar-refractivity contribution in [1.82, 2.24) is 4.31 Å². The van der Waals surface area contributed by atoms with Crippen molar-refractivity contribution in [3.8, 4) is 5.75 Å². The molecule has 3 rings (SSSR count). The Bertz CT molecular complexity index is 947. The van der Waals surface area contributed by atoms with Crippen molar-refractivity contribution in [3.63, 3.8) is 0 Å². The van der Waals surface area contributed by atoms with Gasteiger partial charge in [0.25, 0.3) is 0 Å². The van der Waals surface area contributed by atoms with E-state index < -0.39 is 32.7 Å². The Balaban J connectivity index is 2.07. The van der Waals surface area contributed by atoms with Crippen molar-refractivity contribution in [2.24, 2.45) is 0 Å². The highest BCUT2D eigenvalue weighted by Gasteiger charge is 2.42. The number of hydrogen-bond acceptors (Lipinski definition) is 3. The molecule has 1 aliphatic heterocycles. The number of nitrogens with zero attached hydrogens (tertiary/aromatic N) is 1. The molecule has 0 bridgehead atoms. The van der Waals surface area contributed by atoms with Crippen LogP contribution in [0.3, 0.4) is 0 Å². The molecular weight excluding hydrogens is 403 g/mol. The van der Waals surface area contributed by atoms with Crippen LogP contribution in [-0.2, 0) is 16.2 Å². The van der Waals surface area contributed by atoms with Crippen LogP contribution < -0.4 is 4.74 Å². The number of benzene rings is 2. The largest absolute Gasteiger partial charge is 0.497 e. The van der Waals surface area contributed by atoms with Crippen molar-refractivity contribution in [1.29, 1.82) is 0 Å². The molecule has 27 heavy (non-hydrogen) atoms. The number of sulfonamides is 1. The number of hydrogen-bond donors (Lipinski definition) is 0. The van der Waals surface area contributed by atoms with Crippen molar-refractivity contribution < 1.29 is 26.3 Å². The van der Waals surface area contributed by atoms with Crippen molar-refractivity contribution in [2.45, 2.75) is 30.0 Å². The minimum absolute atomic E-state index is 0.143. The predicted molar refractivity (Wildman–Crippen MR) is 95.3 cm³/mol. The summed E-state index contributed by atoms with van der Waals surface area (Å²) in [4.78, 5) is -0.783. The molecule has 0 saturated carbocycles. The molecular formula is C18H17ClF3NO3S. The van der Waals surface area contributed by atoms with Crippen LogP contribution in [0.1, 0.15) is 30.0 Å². The molecule has 2 aromatic carbocycles. The fraction of sp³-hybridized carbons (Fsp3) is 0.333. The van der Waals surface area contributed by atoms with Crippen LogP contribution in [0.5, 0.6) is 5.75 Å². The van der Waals surface area contributed by atoms with Gasteiger partial charge in [-0.1, -0.05) is 23.7 Å². The average Bonchev–Trinajstić information content (AvgIpc) is 3.11. The molecule has 0 aromatic heterocycles. The van der Waals surface area contributed by atoms with Gasteiger partial charge in [0.05, 0.1) is 23.6 Å². The Kier molecular flexibility index (Phi) is 5.42. The van der Waals surface area contributed by atoms with Gasteiger partial charge in [0.2, 0.25) is 10.0 Å². The van der Waals surface area contributed by atoms with E-state index >= 15 is 0 Å². The first-order chi connectivity index (χ1) is 12.6. The third-order valence-corrected chi connectivity index (χ3v) is 6.72. The number of alkyl halides is 3. The Morgan fingerprint density at radius 1 is 1.19 bits per heavy atom. The second kappa shape index (κ2) is 7.33. The SMILES string of the molecule is COc1cccc(C2CCCN2S(=O)(=O)c2ccc(Cl)cc2C(F)(F)F)c1. The topological polar surface area (TPSA) is 46.6 Å². The van der Waals surface area contributed by atoms with Gasteiger partial charge in [0, 0.05) is 11.6 Å². The zero-order chi connectivity index (χ0) is 19.8. The number of halogens is 4. The maximum atomic E-state index is 13.4. The quantitative estimate of drug-likeness (QED) is 0.708. The van der Waals surface area contributed by atoms with E-state index in [-0.39, 0.29) is 11.6 Å². The molecule has 4 nitrogen and oxygen atoms in total. The van der Waals surface area contributed by atoms with Crippen LogP contribution in [0.2, 0.25) is 5.02 Å². The molecule has 0 N–H and O–H groups in total. The standard InChI is InChI=1S/C18H17ClF3NO3S/c1-26-14-5-2-4-12(10-14)16-6-3-9-23(16)27(24,25)17-8-7-13(19)11-15(17)18(20,21)22/h2,4-5,7-8,10-11,16H,3,6,9H2,1H3. The first-order valence-electron chi connectivity index (χ1n) is 8.17. The molecule has 0 amide bonds. The normalized spacial score (nSPS) is 18.6. The van der Waals surface area contributed by atoms with Gasteiger partial charge in [-0.2, -0.15) is 17.5 Å². The maximum Gasteiger partial charge on any atom is 0.417 e. The summed E-state index contributed by atoms with van der Waals surface area (Å²) in [6.45, 7) is 0.143. The Hall–Kier alpha value is -1.77. The van der Waals surface area contributed by atoms with Gasteiger partial charge >= 0.3 is 6.18 Å². The molecule has 1 atom stereocenters. The van der Waals surface area contributed by atoms with E-state index in [9.17, 15) is 21.6 Å². The minimum Gasteiger partial charge on any atom is -0.497 e. The van der Waals surface area contributed by atoms with Crippen LogP contribution in [0.25, 0.3) is 0 Å². The predicted octanol–water partition coefficient (Wildman–Crippen LogP) is 4.89. The Morgan fingerprint density at radius 2 is 1.93 bits per heavy atom. The summed E-state index contributed by atoms with van der Waals surface area (Å²) in [5.41, 5.74) is -0.579. The van der Waals surface area contributed by atoms with E-state index in [2.05, 4.69) is 0 Å². The van der Waals surface area contributed by atoms with Gasteiger partial charge in [-0.3, -0.25) is 0 Å². The monoisotopic (exact) mass is 419 g/mol. The second-order valence-corrected chi connectivity index (χ2v) is 8.48. The van der Waals surface area contributed by atoms with E-state index in [1.54, 1.807) is 24.3 Å². The van der Waals surface area contributed by atoms with Gasteiger partial charge in [-0.05, 0) is 48.7 Å². The van der Waals surface area contributed by atoms with Crippen LogP contribution in [0, 0.1) is 0 Å². The highest BCUT2D eigenvalue weighted by molar-refractivity contribution is 7.89. The average molecular weight is 420 g/mol. The first-order valence-corrected chi connectivity index (χ1v) is 9.99. The lowest BCUT2D eigenvalue weighted by Crippen LogP contribution is -2.32. The van der Waals surface area contributed by atoms with Crippen LogP contribution in [-0.4, -0.2) is 26.4 Å². The fourth-order valence-electron chi connectivity index (χ4n) is 3.28. The minimum atomic E-state index is -4.83. The van der Waals surface area contributed by atoms with Gasteiger partial charge in [-0.15, -0.1) is 0 Å². The third-order valence-electron chi connectivity index (χ3n) is 4.52. The molecule has 1 aliphatic rings. The molecule has 1 saturated heterocycles. The van der Waals surface area contributed by atoms with Crippen LogP contribution in [0.4, 0.5) is 13.2 Å². The van der Waals surface area contributed by atoms with Gasteiger partial charge in [0.15, 0.2) is 0 Å². The lowest BCUT2D eigenvalue weighted by molar-refractivity contribution is -0.139. The highest BCUT2D eigenvalue weighted by atomic mass is 35.5. The van der Waals surface area contributed by atoms with E-state index in [1.807, 2.05) is 0 Å². The molecule has 0 radical (unpaired) electrons. The molecule has 0 aliphatic carbocycles. The lowest BCUT2D eigenvalue weighted by Gasteiger charge is -2.26. The van der Waals surface area contributed by atoms with Crippen LogP contribution >= 0.6 is 11.6 Å². The van der Waals surface area contributed by atoms with Crippen LogP contribution in [0.15, 0.2) is 47.4 Å². The molecule has 2 aromatic rings. The summed E-state index contributed by atoms with van der Waals surface area (Å²) >= 11 is 5.67. The molecule has 1 heterocycles. The smallest absolute Gasteiger partial charge is 0.417 e. The summed E-state index contributed by atoms with van der Waals surface area (Å²) < 4.78 is 72.7. The lowest BCUT2D eigenvalue weighted by atomic mass is 10.1. The second-order valence-electron chi connectivity index (χ2n) is 6.19. The van der Waals surface area contributed by atoms with E-state index in [0.717, 1.165) is 16.4 Å². The summed E-state index contributed by atoms with van der Waals surface area (Å²) in [5.74, 6) is 0.555. The molecule has 9 heteroatoms. The van der Waals surface area contributed by atoms with Crippen molar-refractivity contribution >= 4 is 21.6 Å². The summed E-state index contributed by atoms with van der Waals surface area (Å²) in [6, 6.07) is 9.05. The number of rotatable bonds is 4. The molecule has 1 fully saturated rings. The molecule has 0 spiro atoms. The van der Waals surface area contributed by atoms with Crippen molar-refractivity contribution in [3.05, 3.63) is 58.6 Å². The first kappa shape index (κ1) is 20.0. The molecule has 146 valence electrons. The van der Waals surface area contributed by atoms with E-state index in [0.29, 0.717) is 30.2 Å².